The highest BCUT2D eigenvalue weighted by molar-refractivity contribution is 5.90. The van der Waals surface area contributed by atoms with Crippen LogP contribution >= 0.6 is 0 Å². The van der Waals surface area contributed by atoms with E-state index in [1.165, 1.54) is 4.90 Å². The minimum atomic E-state index is -0.346. The summed E-state index contributed by atoms with van der Waals surface area (Å²) in [5.74, 6) is 2.00. The number of terminal acetylenes is 1. The van der Waals surface area contributed by atoms with Gasteiger partial charge in [-0.15, -0.1) is 16.6 Å². The van der Waals surface area contributed by atoms with E-state index in [-0.39, 0.29) is 18.3 Å². The summed E-state index contributed by atoms with van der Waals surface area (Å²) in [6, 6.07) is 0. The third-order valence-corrected chi connectivity index (χ3v) is 1.21. The highest BCUT2D eigenvalue weighted by Gasteiger charge is 2.14. The van der Waals surface area contributed by atoms with Crippen molar-refractivity contribution >= 4 is 5.91 Å². The van der Waals surface area contributed by atoms with E-state index >= 15 is 0 Å². The number of aromatic nitrogens is 4. The van der Waals surface area contributed by atoms with E-state index in [9.17, 15) is 4.79 Å². The molecule has 0 saturated heterocycles. The number of rotatable bonds is 2. The van der Waals surface area contributed by atoms with Crippen molar-refractivity contribution in [1.29, 1.82) is 0 Å². The van der Waals surface area contributed by atoms with Crippen molar-refractivity contribution in [1.82, 2.24) is 25.5 Å². The zero-order chi connectivity index (χ0) is 8.97. The molecule has 0 fully saturated rings. The molecule has 12 heavy (non-hydrogen) atoms. The van der Waals surface area contributed by atoms with Crippen LogP contribution in [0.25, 0.3) is 0 Å². The number of aromatic amines is 1. The maximum atomic E-state index is 11.2. The summed E-state index contributed by atoms with van der Waals surface area (Å²) >= 11 is 0. The Morgan fingerprint density at radius 2 is 2.58 bits per heavy atom. The first-order valence-corrected chi connectivity index (χ1v) is 3.18. The summed E-state index contributed by atoms with van der Waals surface area (Å²) in [6.07, 6.45) is 5.01. The molecule has 6 heteroatoms. The van der Waals surface area contributed by atoms with Gasteiger partial charge in [0.25, 0.3) is 11.7 Å². The lowest BCUT2D eigenvalue weighted by atomic mass is 10.5. The largest absolute Gasteiger partial charge is 0.328 e. The third kappa shape index (κ3) is 1.58. The molecule has 1 rings (SSSR count). The number of tetrazole rings is 1. The predicted octanol–water partition coefficient (Wildman–Crippen LogP) is -1.10. The summed E-state index contributed by atoms with van der Waals surface area (Å²) in [7, 11) is 1.57. The second kappa shape index (κ2) is 3.48. The van der Waals surface area contributed by atoms with Gasteiger partial charge in [0.15, 0.2) is 0 Å². The molecular weight excluding hydrogens is 158 g/mol. The van der Waals surface area contributed by atoms with Gasteiger partial charge in [0, 0.05) is 7.05 Å². The minimum Gasteiger partial charge on any atom is -0.328 e. The molecule has 1 aromatic rings. The van der Waals surface area contributed by atoms with Gasteiger partial charge in [0.1, 0.15) is 0 Å². The predicted molar refractivity (Wildman–Crippen MR) is 40.0 cm³/mol. The van der Waals surface area contributed by atoms with Gasteiger partial charge < -0.3 is 4.90 Å². The van der Waals surface area contributed by atoms with Crippen LogP contribution in [0, 0.1) is 12.3 Å². The Hall–Kier alpha value is -1.90. The molecule has 1 amide bonds. The number of nitrogens with zero attached hydrogens (tertiary/aromatic N) is 4. The Bertz CT molecular complexity index is 298. The Balaban J connectivity index is 2.67. The van der Waals surface area contributed by atoms with Gasteiger partial charge >= 0.3 is 0 Å². The zero-order valence-electron chi connectivity index (χ0n) is 6.48. The fourth-order valence-corrected chi connectivity index (χ4v) is 0.632. The van der Waals surface area contributed by atoms with Crippen molar-refractivity contribution in [3.63, 3.8) is 0 Å². The minimum absolute atomic E-state index is 0.0211. The van der Waals surface area contributed by atoms with E-state index < -0.39 is 0 Å². The molecule has 0 bridgehead atoms. The van der Waals surface area contributed by atoms with Crippen LogP contribution in [0.5, 0.6) is 0 Å². The quantitative estimate of drug-likeness (QED) is 0.565. The Morgan fingerprint density at radius 1 is 1.83 bits per heavy atom. The van der Waals surface area contributed by atoms with Crippen LogP contribution in [0.2, 0.25) is 0 Å². The van der Waals surface area contributed by atoms with E-state index in [4.69, 9.17) is 6.42 Å². The molecule has 0 aliphatic heterocycles. The van der Waals surface area contributed by atoms with E-state index in [1.54, 1.807) is 7.05 Å². The third-order valence-electron chi connectivity index (χ3n) is 1.21. The van der Waals surface area contributed by atoms with Gasteiger partial charge in [-0.3, -0.25) is 4.79 Å². The average molecular weight is 165 g/mol. The molecular formula is C6H7N5O. The Morgan fingerprint density at radius 3 is 3.08 bits per heavy atom. The van der Waals surface area contributed by atoms with E-state index in [0.29, 0.717) is 0 Å². The normalized spacial score (nSPS) is 9.00. The Kier molecular flexibility index (Phi) is 2.38. The summed E-state index contributed by atoms with van der Waals surface area (Å²) in [6.45, 7) is 0.230. The van der Waals surface area contributed by atoms with Gasteiger partial charge in [-0.2, -0.15) is 5.21 Å². The number of carbonyl (C=O) groups excluding carboxylic acids is 1. The molecule has 62 valence electrons. The number of H-pyrrole nitrogens is 1. The molecule has 0 aliphatic carbocycles. The highest BCUT2D eigenvalue weighted by atomic mass is 16.2. The molecule has 0 saturated carbocycles. The lowest BCUT2D eigenvalue weighted by Crippen LogP contribution is -2.27. The second-order valence-electron chi connectivity index (χ2n) is 2.10. The number of hydrogen-bond donors (Lipinski definition) is 1. The van der Waals surface area contributed by atoms with E-state index in [2.05, 4.69) is 26.5 Å². The smallest absolute Gasteiger partial charge is 0.295 e. The first kappa shape index (κ1) is 8.20. The van der Waals surface area contributed by atoms with Crippen LogP contribution in [0.15, 0.2) is 0 Å². The van der Waals surface area contributed by atoms with Gasteiger partial charge in [-0.25, -0.2) is 0 Å². The summed E-state index contributed by atoms with van der Waals surface area (Å²) in [5.41, 5.74) is 0. The number of hydrogen-bond acceptors (Lipinski definition) is 4. The molecule has 0 aliphatic rings. The van der Waals surface area contributed by atoms with Crippen LogP contribution in [0.3, 0.4) is 0 Å². The SMILES string of the molecule is C#CCN(C)C(=O)c1nn[nH]n1. The molecule has 0 spiro atoms. The van der Waals surface area contributed by atoms with Crippen LogP contribution in [0.4, 0.5) is 0 Å². The monoisotopic (exact) mass is 165 g/mol. The molecule has 0 atom stereocenters. The van der Waals surface area contributed by atoms with Crippen molar-refractivity contribution in [2.75, 3.05) is 13.6 Å². The van der Waals surface area contributed by atoms with Crippen molar-refractivity contribution in [3.05, 3.63) is 5.82 Å². The first-order valence-electron chi connectivity index (χ1n) is 3.18. The maximum Gasteiger partial charge on any atom is 0.295 e. The number of carbonyl (C=O) groups is 1. The topological polar surface area (TPSA) is 74.8 Å². The fraction of sp³-hybridized carbons (Fsp3) is 0.333. The van der Waals surface area contributed by atoms with Crippen LogP contribution in [-0.4, -0.2) is 45.0 Å². The Labute approximate surface area is 69.0 Å². The standard InChI is InChI=1S/C6H7N5O/c1-3-4-11(2)6(12)5-7-9-10-8-5/h1H,4H2,2H3,(H,7,8,9,10). The molecule has 0 unspecified atom stereocenters. The van der Waals surface area contributed by atoms with Crippen molar-refractivity contribution in [2.45, 2.75) is 0 Å². The second-order valence-corrected chi connectivity index (χ2v) is 2.10. The maximum absolute atomic E-state index is 11.2. The van der Waals surface area contributed by atoms with Crippen LogP contribution in [0.1, 0.15) is 10.6 Å². The molecule has 0 aromatic carbocycles. The van der Waals surface area contributed by atoms with Crippen LogP contribution in [-0.2, 0) is 0 Å². The molecule has 1 N–H and O–H groups in total. The molecule has 1 aromatic heterocycles. The van der Waals surface area contributed by atoms with Crippen molar-refractivity contribution in [2.24, 2.45) is 0 Å². The van der Waals surface area contributed by atoms with E-state index in [0.717, 1.165) is 0 Å². The number of nitrogens with one attached hydrogen (secondary N) is 1. The van der Waals surface area contributed by atoms with Gasteiger partial charge in [0.05, 0.1) is 6.54 Å². The summed E-state index contributed by atoms with van der Waals surface area (Å²) in [4.78, 5) is 12.6. The summed E-state index contributed by atoms with van der Waals surface area (Å²) < 4.78 is 0. The summed E-state index contributed by atoms with van der Waals surface area (Å²) in [5, 5.41) is 12.5. The lowest BCUT2D eigenvalue weighted by Gasteiger charge is -2.09. The van der Waals surface area contributed by atoms with Crippen LogP contribution < -0.4 is 0 Å². The molecule has 6 nitrogen and oxygen atoms in total. The average Bonchev–Trinajstić information content (AvgIpc) is 2.55. The zero-order valence-corrected chi connectivity index (χ0v) is 6.48. The first-order chi connectivity index (χ1) is 5.75. The highest BCUT2D eigenvalue weighted by Crippen LogP contribution is 1.91. The van der Waals surface area contributed by atoms with Gasteiger partial charge in [-0.1, -0.05) is 5.92 Å². The van der Waals surface area contributed by atoms with Gasteiger partial charge in [0.2, 0.25) is 0 Å². The molecule has 1 heterocycles. The fourth-order valence-electron chi connectivity index (χ4n) is 0.632. The van der Waals surface area contributed by atoms with Gasteiger partial charge in [-0.05, 0) is 5.21 Å². The van der Waals surface area contributed by atoms with Crippen molar-refractivity contribution in [3.8, 4) is 12.3 Å². The number of amides is 1. The van der Waals surface area contributed by atoms with Crippen molar-refractivity contribution < 1.29 is 4.79 Å². The lowest BCUT2D eigenvalue weighted by molar-refractivity contribution is 0.0801. The molecule has 0 radical (unpaired) electrons. The van der Waals surface area contributed by atoms with E-state index in [1.807, 2.05) is 0 Å².